The van der Waals surface area contributed by atoms with Gasteiger partial charge in [-0.2, -0.15) is 20.7 Å². The molecule has 0 aliphatic rings. The number of carbonyl (C=O) groups excluding carboxylic acids is 4. The zero-order valence-electron chi connectivity index (χ0n) is 32.6. The van der Waals surface area contributed by atoms with Gasteiger partial charge in [0, 0.05) is 30.3 Å². The van der Waals surface area contributed by atoms with Crippen LogP contribution in [0.1, 0.15) is 96.0 Å². The fourth-order valence-corrected chi connectivity index (χ4v) is 7.61. The van der Waals surface area contributed by atoms with Crippen LogP contribution in [-0.4, -0.2) is 79.1 Å². The van der Waals surface area contributed by atoms with Crippen LogP contribution in [0.3, 0.4) is 0 Å². The summed E-state index contributed by atoms with van der Waals surface area (Å²) in [6, 6.07) is 16.6. The molecule has 0 fully saturated rings. The minimum Gasteiger partial charge on any atom is -0.477 e. The highest BCUT2D eigenvalue weighted by Crippen LogP contribution is 2.28. The van der Waals surface area contributed by atoms with Gasteiger partial charge in [0.05, 0.1) is 56.3 Å². The number of esters is 2. The van der Waals surface area contributed by atoms with Gasteiger partial charge in [0.1, 0.15) is 34.9 Å². The largest absolute Gasteiger partial charge is 0.477 e. The van der Waals surface area contributed by atoms with E-state index >= 15 is 0 Å². The topological polar surface area (TPSA) is 285 Å². The molecule has 0 saturated heterocycles. The minimum absolute atomic E-state index is 0.00118. The molecule has 18 nitrogen and oxygen atoms in total. The molecular formula is C40H39N9O9S2. The molecule has 4 heterocycles. The number of carboxylic acids is 1. The molecule has 7 N–H and O–H groups in total. The molecule has 2 amide bonds. The molecule has 60 heavy (non-hydrogen) atoms. The smallest absolute Gasteiger partial charge is 0.347 e. The molecule has 20 heteroatoms. The maximum Gasteiger partial charge on any atom is 0.347 e. The Morgan fingerprint density at radius 3 is 1.87 bits per heavy atom. The van der Waals surface area contributed by atoms with Gasteiger partial charge in [-0.15, -0.1) is 22.7 Å². The number of aromatic amines is 2. The number of thiophene rings is 2. The highest BCUT2D eigenvalue weighted by molar-refractivity contribution is 7.16. The summed E-state index contributed by atoms with van der Waals surface area (Å²) in [5.41, 5.74) is 2.87. The first-order valence-electron chi connectivity index (χ1n) is 18.1. The van der Waals surface area contributed by atoms with Crippen LogP contribution in [0.5, 0.6) is 0 Å². The molecule has 6 aromatic rings. The number of aromatic carboxylic acids is 1. The van der Waals surface area contributed by atoms with Gasteiger partial charge in [-0.25, -0.2) is 4.79 Å². The van der Waals surface area contributed by atoms with Crippen LogP contribution in [0.25, 0.3) is 21.8 Å². The molecule has 2 atom stereocenters. The van der Waals surface area contributed by atoms with E-state index in [2.05, 4.69) is 36.3 Å². The van der Waals surface area contributed by atoms with Crippen molar-refractivity contribution < 1.29 is 43.7 Å². The van der Waals surface area contributed by atoms with Gasteiger partial charge in [-0.05, 0) is 62.6 Å². The Balaban J connectivity index is 0.000000253. The summed E-state index contributed by atoms with van der Waals surface area (Å²) in [6.07, 6.45) is 1.81. The predicted molar refractivity (Wildman–Crippen MR) is 219 cm³/mol. The molecular weight excluding hydrogens is 815 g/mol. The summed E-state index contributed by atoms with van der Waals surface area (Å²) in [6.45, 7) is 5.71. The molecule has 6 rings (SSSR count). The van der Waals surface area contributed by atoms with Gasteiger partial charge in [0.2, 0.25) is 0 Å². The Bertz CT molecular complexity index is 2620. The van der Waals surface area contributed by atoms with Crippen LogP contribution >= 0.6 is 22.7 Å². The third-order valence-electron chi connectivity index (χ3n) is 8.55. The van der Waals surface area contributed by atoms with E-state index in [1.165, 1.54) is 19.2 Å². The lowest BCUT2D eigenvalue weighted by Crippen LogP contribution is -2.40. The molecule has 4 aromatic heterocycles. The number of H-pyrrole nitrogens is 2. The highest BCUT2D eigenvalue weighted by atomic mass is 32.1. The number of aromatic nitrogens is 4. The Hall–Kier alpha value is -6.97. The first kappa shape index (κ1) is 44.1. The second kappa shape index (κ2) is 19.7. The first-order chi connectivity index (χ1) is 28.6. The van der Waals surface area contributed by atoms with Crippen LogP contribution in [0, 0.1) is 22.7 Å². The lowest BCUT2D eigenvalue weighted by Gasteiger charge is -2.22. The summed E-state index contributed by atoms with van der Waals surface area (Å²) < 4.78 is 10.0. The summed E-state index contributed by atoms with van der Waals surface area (Å²) in [5, 5.41) is 62.0. The lowest BCUT2D eigenvalue weighted by atomic mass is 10.1. The summed E-state index contributed by atoms with van der Waals surface area (Å²) in [7, 11) is 1.19. The highest BCUT2D eigenvalue weighted by Gasteiger charge is 2.28. The van der Waals surface area contributed by atoms with Crippen molar-refractivity contribution >= 4 is 74.2 Å². The Kier molecular flexibility index (Phi) is 14.5. The standard InChI is InChI=1S/C25H29N5O6S.C15H10N4O3S/c1-25(2,3)36-20(31)9-8-18(24(34)35-4)29-23(33)21-15(11-26)10-19(37-21)22(32)27-12-14-6-5-7-17-16(14)13-28-30-17;16-5-9-4-12(23-13(9)15(21)22)14(20)17-6-8-2-1-3-11-10(8)7-18-19-11/h5-7,10,13,18,23,29,33H,8-9,12H2,1-4H3,(H,27,32)(H,28,30);1-4,7H,6H2,(H,17,20)(H,18,19)(H,21,22)/t18-,23?;/m0./s1. The number of nitrogens with one attached hydrogen (secondary N) is 5. The normalized spacial score (nSPS) is 12.0. The van der Waals surface area contributed by atoms with Gasteiger partial charge in [0.25, 0.3) is 11.8 Å². The van der Waals surface area contributed by atoms with Crippen LogP contribution in [0.4, 0.5) is 0 Å². The molecule has 0 saturated carbocycles. The third kappa shape index (κ3) is 11.2. The molecule has 0 radical (unpaired) electrons. The molecule has 0 spiro atoms. The second-order valence-corrected chi connectivity index (χ2v) is 16.0. The van der Waals surface area contributed by atoms with Gasteiger partial charge < -0.3 is 30.3 Å². The van der Waals surface area contributed by atoms with Gasteiger partial charge in [-0.3, -0.25) is 34.7 Å². The molecule has 310 valence electrons. The zero-order valence-corrected chi connectivity index (χ0v) is 34.2. The summed E-state index contributed by atoms with van der Waals surface area (Å²) in [5.74, 6) is -3.25. The third-order valence-corrected chi connectivity index (χ3v) is 10.9. The van der Waals surface area contributed by atoms with E-state index in [4.69, 9.17) is 19.8 Å². The molecule has 0 bridgehead atoms. The predicted octanol–water partition coefficient (Wildman–Crippen LogP) is 4.79. The van der Waals surface area contributed by atoms with Crippen molar-refractivity contribution in [2.75, 3.05) is 7.11 Å². The van der Waals surface area contributed by atoms with E-state index in [-0.39, 0.29) is 56.6 Å². The van der Waals surface area contributed by atoms with Crippen molar-refractivity contribution in [3.63, 3.8) is 0 Å². The fraction of sp³-hybridized carbons (Fsp3) is 0.275. The number of amides is 2. The summed E-state index contributed by atoms with van der Waals surface area (Å²) >= 11 is 1.71. The first-order valence-corrected chi connectivity index (χ1v) is 19.7. The molecule has 1 unspecified atom stereocenters. The SMILES string of the molecule is COC(=O)[C@H](CCC(=O)OC(C)(C)C)NC(O)c1sc(C(=O)NCc2cccc3[nH]ncc23)cc1C#N.N#Cc1cc(C(=O)NCc2cccc3[nH]ncc23)sc1C(=O)O. The Labute approximate surface area is 350 Å². The number of hydrogen-bond acceptors (Lipinski definition) is 15. The van der Waals surface area contributed by atoms with E-state index < -0.39 is 47.6 Å². The number of benzene rings is 2. The maximum absolute atomic E-state index is 12.8. The van der Waals surface area contributed by atoms with Crippen LogP contribution in [0.2, 0.25) is 0 Å². The lowest BCUT2D eigenvalue weighted by molar-refractivity contribution is -0.155. The quantitative estimate of drug-likeness (QED) is 0.0573. The van der Waals surface area contributed by atoms with Crippen LogP contribution in [0.15, 0.2) is 60.9 Å². The van der Waals surface area contributed by atoms with Crippen molar-refractivity contribution in [2.24, 2.45) is 0 Å². The Morgan fingerprint density at radius 2 is 1.38 bits per heavy atom. The van der Waals surface area contributed by atoms with Crippen LogP contribution in [-0.2, 0) is 32.2 Å². The second-order valence-electron chi connectivity index (χ2n) is 13.9. The van der Waals surface area contributed by atoms with Crippen molar-refractivity contribution in [3.8, 4) is 12.1 Å². The van der Waals surface area contributed by atoms with Crippen molar-refractivity contribution in [3.05, 3.63) is 103 Å². The van der Waals surface area contributed by atoms with E-state index in [0.717, 1.165) is 55.6 Å². The average molecular weight is 854 g/mol. The van der Waals surface area contributed by atoms with Gasteiger partial charge in [0.15, 0.2) is 0 Å². The molecule has 0 aliphatic carbocycles. The number of nitrogens with zero attached hydrogens (tertiary/aromatic N) is 4. The number of rotatable bonds is 14. The number of methoxy groups -OCH3 is 1. The van der Waals surface area contributed by atoms with Crippen molar-refractivity contribution in [1.29, 1.82) is 10.5 Å². The molecule has 2 aromatic carbocycles. The van der Waals surface area contributed by atoms with E-state index in [1.54, 1.807) is 39.2 Å². The van der Waals surface area contributed by atoms with Crippen LogP contribution < -0.4 is 16.0 Å². The monoisotopic (exact) mass is 853 g/mol. The zero-order chi connectivity index (χ0) is 43.6. The van der Waals surface area contributed by atoms with Gasteiger partial charge in [-0.1, -0.05) is 24.3 Å². The van der Waals surface area contributed by atoms with E-state index in [1.807, 2.05) is 42.5 Å². The Morgan fingerprint density at radius 1 is 0.850 bits per heavy atom. The molecule has 0 aliphatic heterocycles. The number of hydrogen-bond donors (Lipinski definition) is 7. The van der Waals surface area contributed by atoms with E-state index in [0.29, 0.717) is 0 Å². The number of carboxylic acid groups (broad SMARTS) is 1. The number of ether oxygens (including phenoxy) is 2. The van der Waals surface area contributed by atoms with E-state index in [9.17, 15) is 34.3 Å². The number of aliphatic hydroxyl groups excluding tert-OH is 1. The maximum atomic E-state index is 12.8. The van der Waals surface area contributed by atoms with Gasteiger partial charge >= 0.3 is 17.9 Å². The number of carbonyl (C=O) groups is 5. The number of nitriles is 2. The minimum atomic E-state index is -1.45. The fourth-order valence-electron chi connectivity index (χ4n) is 5.78. The number of aliphatic hydroxyl groups is 1. The number of fused-ring (bicyclic) bond motifs is 2. The summed E-state index contributed by atoms with van der Waals surface area (Å²) in [4.78, 5) is 60.8. The van der Waals surface area contributed by atoms with Crippen molar-refractivity contribution in [1.82, 2.24) is 36.3 Å². The van der Waals surface area contributed by atoms with Crippen molar-refractivity contribution in [2.45, 2.75) is 64.6 Å². The average Bonchev–Trinajstić information content (AvgIpc) is 4.05.